The Hall–Kier alpha value is -1.84. The van der Waals surface area contributed by atoms with Crippen LogP contribution in [0.1, 0.15) is 56.9 Å². The molecule has 1 aliphatic carbocycles. The standard InChI is InChI=1S/C20H28N2O2/c23-19(14-13-16-8-3-1-4-9-16)22-15-7-12-18(22)20(24)21-17-10-5-2-6-11-17/h1,3-4,8-9,17-18H,2,5-7,10-15H2,(H,21,24)/t18-/m1/s1. The van der Waals surface area contributed by atoms with Crippen molar-refractivity contribution >= 4 is 11.8 Å². The van der Waals surface area contributed by atoms with E-state index in [1.807, 2.05) is 30.3 Å². The second-order valence-corrected chi connectivity index (χ2v) is 7.07. The molecular weight excluding hydrogens is 300 g/mol. The molecule has 1 heterocycles. The molecule has 1 N–H and O–H groups in total. The molecule has 0 aromatic heterocycles. The Bertz CT molecular complexity index is 552. The number of nitrogens with zero attached hydrogens (tertiary/aromatic N) is 1. The Morgan fingerprint density at radius 3 is 2.50 bits per heavy atom. The third-order valence-electron chi connectivity index (χ3n) is 5.30. The first-order chi connectivity index (χ1) is 11.7. The normalized spacial score (nSPS) is 21.7. The molecule has 1 atom stereocenters. The van der Waals surface area contributed by atoms with E-state index in [0.717, 1.165) is 38.6 Å². The van der Waals surface area contributed by atoms with Gasteiger partial charge in [0.25, 0.3) is 0 Å². The van der Waals surface area contributed by atoms with E-state index in [0.29, 0.717) is 12.5 Å². The highest BCUT2D eigenvalue weighted by Gasteiger charge is 2.34. The number of carbonyl (C=O) groups excluding carboxylic acids is 2. The molecule has 24 heavy (non-hydrogen) atoms. The predicted octanol–water partition coefficient (Wildman–Crippen LogP) is 3.06. The van der Waals surface area contributed by atoms with Gasteiger partial charge in [-0.1, -0.05) is 49.6 Å². The van der Waals surface area contributed by atoms with Crippen LogP contribution in [0.15, 0.2) is 30.3 Å². The number of amides is 2. The van der Waals surface area contributed by atoms with E-state index in [1.54, 1.807) is 4.90 Å². The fraction of sp³-hybridized carbons (Fsp3) is 0.600. The molecule has 2 aliphatic rings. The molecule has 4 heteroatoms. The van der Waals surface area contributed by atoms with Gasteiger partial charge in [0.2, 0.25) is 11.8 Å². The summed E-state index contributed by atoms with van der Waals surface area (Å²) in [4.78, 5) is 27.0. The van der Waals surface area contributed by atoms with E-state index in [2.05, 4.69) is 5.32 Å². The van der Waals surface area contributed by atoms with Gasteiger partial charge in [-0.3, -0.25) is 9.59 Å². The van der Waals surface area contributed by atoms with Crippen LogP contribution in [0.25, 0.3) is 0 Å². The largest absolute Gasteiger partial charge is 0.352 e. The number of benzene rings is 1. The van der Waals surface area contributed by atoms with E-state index in [-0.39, 0.29) is 17.9 Å². The molecule has 1 saturated heterocycles. The first kappa shape index (κ1) is 17.0. The maximum Gasteiger partial charge on any atom is 0.243 e. The summed E-state index contributed by atoms with van der Waals surface area (Å²) in [5, 5.41) is 3.19. The first-order valence-electron chi connectivity index (χ1n) is 9.38. The second-order valence-electron chi connectivity index (χ2n) is 7.07. The summed E-state index contributed by atoms with van der Waals surface area (Å²) < 4.78 is 0. The lowest BCUT2D eigenvalue weighted by molar-refractivity contribution is -0.138. The monoisotopic (exact) mass is 328 g/mol. The molecule has 1 aromatic carbocycles. The topological polar surface area (TPSA) is 49.4 Å². The Morgan fingerprint density at radius 1 is 1.00 bits per heavy atom. The van der Waals surface area contributed by atoms with Gasteiger partial charge < -0.3 is 10.2 Å². The minimum atomic E-state index is -0.254. The Kier molecular flexibility index (Phi) is 5.89. The average Bonchev–Trinajstić information content (AvgIpc) is 3.11. The predicted molar refractivity (Wildman–Crippen MR) is 94.5 cm³/mol. The quantitative estimate of drug-likeness (QED) is 0.903. The summed E-state index contributed by atoms with van der Waals surface area (Å²) in [5.41, 5.74) is 1.17. The highest BCUT2D eigenvalue weighted by Crippen LogP contribution is 2.22. The number of hydrogen-bond acceptors (Lipinski definition) is 2. The third-order valence-corrected chi connectivity index (χ3v) is 5.30. The number of rotatable bonds is 5. The zero-order valence-corrected chi connectivity index (χ0v) is 14.4. The summed E-state index contributed by atoms with van der Waals surface area (Å²) in [7, 11) is 0. The van der Waals surface area contributed by atoms with Crippen LogP contribution in [0, 0.1) is 0 Å². The molecule has 1 aliphatic heterocycles. The summed E-state index contributed by atoms with van der Waals surface area (Å²) in [6.45, 7) is 0.719. The van der Waals surface area contributed by atoms with Crippen molar-refractivity contribution < 1.29 is 9.59 Å². The molecule has 2 amide bonds. The first-order valence-corrected chi connectivity index (χ1v) is 9.38. The lowest BCUT2D eigenvalue weighted by atomic mass is 9.95. The minimum Gasteiger partial charge on any atom is -0.352 e. The van der Waals surface area contributed by atoms with Gasteiger partial charge in [0.1, 0.15) is 6.04 Å². The number of hydrogen-bond donors (Lipinski definition) is 1. The fourth-order valence-corrected chi connectivity index (χ4v) is 3.92. The third kappa shape index (κ3) is 4.37. The zero-order valence-electron chi connectivity index (χ0n) is 14.4. The van der Waals surface area contributed by atoms with Crippen molar-refractivity contribution in [2.24, 2.45) is 0 Å². The van der Waals surface area contributed by atoms with Gasteiger partial charge in [0.15, 0.2) is 0 Å². The van der Waals surface area contributed by atoms with Crippen LogP contribution in [0.4, 0.5) is 0 Å². The molecule has 3 rings (SSSR count). The molecule has 1 saturated carbocycles. The molecule has 4 nitrogen and oxygen atoms in total. The van der Waals surface area contributed by atoms with Crippen molar-refractivity contribution in [2.75, 3.05) is 6.54 Å². The van der Waals surface area contributed by atoms with E-state index < -0.39 is 0 Å². The van der Waals surface area contributed by atoms with Crippen molar-refractivity contribution in [1.29, 1.82) is 0 Å². The lowest BCUT2D eigenvalue weighted by Gasteiger charge is -2.28. The maximum absolute atomic E-state index is 12.6. The van der Waals surface area contributed by atoms with E-state index in [4.69, 9.17) is 0 Å². The van der Waals surface area contributed by atoms with Gasteiger partial charge in [-0.15, -0.1) is 0 Å². The van der Waals surface area contributed by atoms with Gasteiger partial charge in [0.05, 0.1) is 0 Å². The SMILES string of the molecule is O=C(NC1CCCCC1)[C@H]1CCCN1C(=O)CCc1ccccc1. The summed E-state index contributed by atoms with van der Waals surface area (Å²) in [6.07, 6.45) is 8.81. The number of likely N-dealkylation sites (tertiary alicyclic amines) is 1. The summed E-state index contributed by atoms with van der Waals surface area (Å²) >= 11 is 0. The van der Waals surface area contributed by atoms with Gasteiger partial charge in [-0.25, -0.2) is 0 Å². The van der Waals surface area contributed by atoms with Gasteiger partial charge in [-0.2, -0.15) is 0 Å². The van der Waals surface area contributed by atoms with Crippen LogP contribution < -0.4 is 5.32 Å². The van der Waals surface area contributed by atoms with Crippen LogP contribution in [-0.4, -0.2) is 35.3 Å². The molecule has 2 fully saturated rings. The van der Waals surface area contributed by atoms with E-state index in [1.165, 1.54) is 24.8 Å². The van der Waals surface area contributed by atoms with Crippen LogP contribution in [0.3, 0.4) is 0 Å². The lowest BCUT2D eigenvalue weighted by Crippen LogP contribution is -2.49. The Morgan fingerprint density at radius 2 is 1.75 bits per heavy atom. The van der Waals surface area contributed by atoms with E-state index >= 15 is 0 Å². The second kappa shape index (κ2) is 8.32. The van der Waals surface area contributed by atoms with Crippen LogP contribution in [0.5, 0.6) is 0 Å². The van der Waals surface area contributed by atoms with Crippen molar-refractivity contribution in [3.63, 3.8) is 0 Å². The molecule has 0 unspecified atom stereocenters. The van der Waals surface area contributed by atoms with Crippen LogP contribution in [0.2, 0.25) is 0 Å². The van der Waals surface area contributed by atoms with Crippen LogP contribution >= 0.6 is 0 Å². The van der Waals surface area contributed by atoms with Crippen molar-refractivity contribution in [1.82, 2.24) is 10.2 Å². The maximum atomic E-state index is 12.6. The van der Waals surface area contributed by atoms with Gasteiger partial charge in [-0.05, 0) is 37.7 Å². The molecule has 0 bridgehead atoms. The van der Waals surface area contributed by atoms with Crippen molar-refractivity contribution in [3.8, 4) is 0 Å². The number of aryl methyl sites for hydroxylation is 1. The summed E-state index contributed by atoms with van der Waals surface area (Å²) in [5.74, 6) is 0.174. The molecule has 1 aromatic rings. The Balaban J connectivity index is 1.52. The number of carbonyl (C=O) groups is 2. The van der Waals surface area contributed by atoms with Crippen molar-refractivity contribution in [3.05, 3.63) is 35.9 Å². The number of nitrogens with one attached hydrogen (secondary N) is 1. The highest BCUT2D eigenvalue weighted by molar-refractivity contribution is 5.88. The minimum absolute atomic E-state index is 0.0625. The van der Waals surface area contributed by atoms with Crippen molar-refractivity contribution in [2.45, 2.75) is 69.9 Å². The van der Waals surface area contributed by atoms with Gasteiger partial charge in [0, 0.05) is 19.0 Å². The molecular formula is C20H28N2O2. The zero-order chi connectivity index (χ0) is 16.8. The average molecular weight is 328 g/mol. The fourth-order valence-electron chi connectivity index (χ4n) is 3.92. The molecule has 0 spiro atoms. The summed E-state index contributed by atoms with van der Waals surface area (Å²) in [6, 6.07) is 10.1. The Labute approximate surface area is 144 Å². The van der Waals surface area contributed by atoms with Gasteiger partial charge >= 0.3 is 0 Å². The molecule has 130 valence electrons. The van der Waals surface area contributed by atoms with Crippen LogP contribution in [-0.2, 0) is 16.0 Å². The molecule has 0 radical (unpaired) electrons. The smallest absolute Gasteiger partial charge is 0.243 e. The highest BCUT2D eigenvalue weighted by atomic mass is 16.2. The van der Waals surface area contributed by atoms with E-state index in [9.17, 15) is 9.59 Å².